The van der Waals surface area contributed by atoms with Gasteiger partial charge in [-0.1, -0.05) is 121 Å². The van der Waals surface area contributed by atoms with Gasteiger partial charge in [0.05, 0.1) is 12.2 Å². The van der Waals surface area contributed by atoms with Crippen LogP contribution in [0.2, 0.25) is 0 Å². The van der Waals surface area contributed by atoms with Crippen molar-refractivity contribution in [1.29, 1.82) is 0 Å². The fourth-order valence-electron chi connectivity index (χ4n) is 4.80. The summed E-state index contributed by atoms with van der Waals surface area (Å²) in [5.74, 6) is -0.0452. The van der Waals surface area contributed by atoms with E-state index in [0.29, 0.717) is 0 Å². The SMILES string of the molecule is CC1=C(/C=C/C(C)=C/C=C/C(C)=C/C=C/C=C(C)/C=C/C=C(C)/C=C/C2=C(C)C(=O)CC(O)C2C)C(C)C(O)CC1=O. The summed E-state index contributed by atoms with van der Waals surface area (Å²) >= 11 is 0. The first-order valence-corrected chi connectivity index (χ1v) is 14.7. The molecule has 0 fully saturated rings. The van der Waals surface area contributed by atoms with E-state index < -0.39 is 12.2 Å². The molecule has 42 heavy (non-hydrogen) atoms. The lowest BCUT2D eigenvalue weighted by Crippen LogP contribution is -2.29. The first-order chi connectivity index (χ1) is 19.8. The molecule has 224 valence electrons. The van der Waals surface area contributed by atoms with Gasteiger partial charge in [0.1, 0.15) is 0 Å². The Morgan fingerprint density at radius 3 is 1.24 bits per heavy atom. The largest absolute Gasteiger partial charge is 0.392 e. The van der Waals surface area contributed by atoms with Crippen LogP contribution in [0.3, 0.4) is 0 Å². The van der Waals surface area contributed by atoms with E-state index in [0.717, 1.165) is 44.6 Å². The van der Waals surface area contributed by atoms with Crippen molar-refractivity contribution in [2.75, 3.05) is 0 Å². The fraction of sp³-hybridized carbons (Fsp3) is 0.368. The van der Waals surface area contributed by atoms with Gasteiger partial charge in [-0.3, -0.25) is 9.59 Å². The molecule has 0 aliphatic heterocycles. The number of carbonyl (C=O) groups excluding carboxylic acids is 2. The molecule has 0 saturated heterocycles. The van der Waals surface area contributed by atoms with Crippen LogP contribution < -0.4 is 0 Å². The van der Waals surface area contributed by atoms with E-state index in [2.05, 4.69) is 0 Å². The third kappa shape index (κ3) is 10.7. The molecule has 4 unspecified atom stereocenters. The lowest BCUT2D eigenvalue weighted by molar-refractivity contribution is -0.119. The van der Waals surface area contributed by atoms with Gasteiger partial charge in [0.2, 0.25) is 0 Å². The molecular weight excluding hydrogens is 520 g/mol. The van der Waals surface area contributed by atoms with Gasteiger partial charge in [-0.25, -0.2) is 0 Å². The number of allylic oxidation sites excluding steroid dienone is 20. The Balaban J connectivity index is 1.91. The van der Waals surface area contributed by atoms with Crippen LogP contribution in [0.25, 0.3) is 0 Å². The van der Waals surface area contributed by atoms with Gasteiger partial charge < -0.3 is 10.2 Å². The number of Topliss-reactive ketones (excluding diaryl/α,β-unsaturated/α-hetero) is 2. The van der Waals surface area contributed by atoms with Crippen LogP contribution in [0, 0.1) is 11.8 Å². The number of carbonyl (C=O) groups is 2. The van der Waals surface area contributed by atoms with Crippen LogP contribution >= 0.6 is 0 Å². The summed E-state index contributed by atoms with van der Waals surface area (Å²) in [4.78, 5) is 24.1. The third-order valence-corrected chi connectivity index (χ3v) is 7.94. The van der Waals surface area contributed by atoms with E-state index in [9.17, 15) is 19.8 Å². The molecule has 0 bridgehead atoms. The molecule has 2 N–H and O–H groups in total. The summed E-state index contributed by atoms with van der Waals surface area (Å²) in [6.07, 6.45) is 27.3. The molecule has 4 heteroatoms. The highest BCUT2D eigenvalue weighted by molar-refractivity contribution is 5.98. The second kappa shape index (κ2) is 16.7. The van der Waals surface area contributed by atoms with Crippen LogP contribution in [-0.4, -0.2) is 34.0 Å². The van der Waals surface area contributed by atoms with E-state index in [4.69, 9.17) is 0 Å². The van der Waals surface area contributed by atoms with Crippen LogP contribution in [-0.2, 0) is 9.59 Å². The quantitative estimate of drug-likeness (QED) is 0.261. The van der Waals surface area contributed by atoms with Crippen LogP contribution in [0.4, 0.5) is 0 Å². The van der Waals surface area contributed by atoms with Crippen molar-refractivity contribution in [3.05, 3.63) is 130 Å². The lowest BCUT2D eigenvalue weighted by atomic mass is 9.81. The van der Waals surface area contributed by atoms with Crippen molar-refractivity contribution < 1.29 is 19.8 Å². The number of aliphatic hydroxyl groups excluding tert-OH is 2. The average Bonchev–Trinajstić information content (AvgIpc) is 2.93. The summed E-state index contributed by atoms with van der Waals surface area (Å²) in [7, 11) is 0. The van der Waals surface area contributed by atoms with Gasteiger partial charge in [-0.2, -0.15) is 0 Å². The van der Waals surface area contributed by atoms with Gasteiger partial charge in [0.25, 0.3) is 0 Å². The summed E-state index contributed by atoms with van der Waals surface area (Å²) in [5, 5.41) is 20.2. The number of aliphatic hydroxyl groups is 2. The second-order valence-electron chi connectivity index (χ2n) is 11.5. The number of hydrogen-bond acceptors (Lipinski definition) is 4. The van der Waals surface area contributed by atoms with Crippen molar-refractivity contribution in [2.45, 2.75) is 80.4 Å². The maximum absolute atomic E-state index is 12.1. The van der Waals surface area contributed by atoms with Gasteiger partial charge in [0, 0.05) is 24.7 Å². The minimum absolute atomic E-state index is 0.0207. The monoisotopic (exact) mass is 568 g/mol. The maximum atomic E-state index is 12.1. The lowest BCUT2D eigenvalue weighted by Gasteiger charge is -2.26. The molecule has 2 aliphatic rings. The zero-order valence-corrected chi connectivity index (χ0v) is 26.5. The fourth-order valence-corrected chi connectivity index (χ4v) is 4.80. The first kappa shape index (κ1) is 34.6. The van der Waals surface area contributed by atoms with Crippen LogP contribution in [0.15, 0.2) is 130 Å². The standard InChI is InChI=1S/C38H48O4/c1-25(15-11-17-27(3)19-21-33-29(5)35(39)23-36(40)30(33)6)13-9-10-14-26(2)16-12-18-28(4)20-22-34-31(7)37(41)24-38(42)32(34)8/h9-22,29,31,35,37,39,41H,23-24H2,1-8H3/b10-9+,15-11+,16-12+,21-19+,22-20+,25-13+,26-14+,27-17+,28-18+. The molecule has 0 aromatic heterocycles. The molecule has 0 aromatic carbocycles. The predicted molar refractivity (Wildman–Crippen MR) is 176 cm³/mol. The smallest absolute Gasteiger partial charge is 0.161 e. The molecule has 2 aliphatic carbocycles. The van der Waals surface area contributed by atoms with E-state index in [1.165, 1.54) is 0 Å². The zero-order valence-electron chi connectivity index (χ0n) is 26.5. The van der Waals surface area contributed by atoms with E-state index in [1.54, 1.807) is 0 Å². The molecule has 0 aromatic rings. The Bertz CT molecular complexity index is 1260. The van der Waals surface area contributed by atoms with Gasteiger partial charge >= 0.3 is 0 Å². The third-order valence-electron chi connectivity index (χ3n) is 7.94. The number of ketones is 2. The molecule has 2 rings (SSSR count). The second-order valence-corrected chi connectivity index (χ2v) is 11.5. The molecule has 0 saturated carbocycles. The minimum Gasteiger partial charge on any atom is -0.392 e. The van der Waals surface area contributed by atoms with Crippen molar-refractivity contribution in [2.24, 2.45) is 11.8 Å². The highest BCUT2D eigenvalue weighted by atomic mass is 16.3. The predicted octanol–water partition coefficient (Wildman–Crippen LogP) is 8.13. The summed E-state index contributed by atoms with van der Waals surface area (Å²) in [5.41, 5.74) is 7.67. The Labute approximate surface area is 253 Å². The number of hydrogen-bond donors (Lipinski definition) is 2. The zero-order chi connectivity index (χ0) is 31.4. The van der Waals surface area contributed by atoms with Gasteiger partial charge in [-0.05, 0) is 63.8 Å². The maximum Gasteiger partial charge on any atom is 0.161 e. The molecule has 0 radical (unpaired) electrons. The number of rotatable bonds is 10. The molecular formula is C38H48O4. The van der Waals surface area contributed by atoms with E-state index in [-0.39, 0.29) is 36.2 Å². The molecule has 4 nitrogen and oxygen atoms in total. The molecule has 0 heterocycles. The molecule has 4 atom stereocenters. The molecule has 0 amide bonds. The van der Waals surface area contributed by atoms with E-state index in [1.807, 2.05) is 140 Å². The summed E-state index contributed by atoms with van der Waals surface area (Å²) in [6.45, 7) is 15.7. The Morgan fingerprint density at radius 1 is 0.571 bits per heavy atom. The summed E-state index contributed by atoms with van der Waals surface area (Å²) in [6, 6.07) is 0. The van der Waals surface area contributed by atoms with Gasteiger partial charge in [0.15, 0.2) is 11.6 Å². The van der Waals surface area contributed by atoms with Crippen molar-refractivity contribution in [3.8, 4) is 0 Å². The van der Waals surface area contributed by atoms with Crippen LogP contribution in [0.1, 0.15) is 68.2 Å². The Hall–Kier alpha value is -3.60. The topological polar surface area (TPSA) is 74.6 Å². The van der Waals surface area contributed by atoms with Crippen molar-refractivity contribution in [1.82, 2.24) is 0 Å². The van der Waals surface area contributed by atoms with Crippen molar-refractivity contribution >= 4 is 11.6 Å². The minimum atomic E-state index is -0.612. The van der Waals surface area contributed by atoms with E-state index >= 15 is 0 Å². The normalized spacial score (nSPS) is 26.1. The average molecular weight is 569 g/mol. The van der Waals surface area contributed by atoms with Crippen molar-refractivity contribution in [3.63, 3.8) is 0 Å². The first-order valence-electron chi connectivity index (χ1n) is 14.7. The van der Waals surface area contributed by atoms with Gasteiger partial charge in [-0.15, -0.1) is 0 Å². The Morgan fingerprint density at radius 2 is 0.881 bits per heavy atom. The molecule has 0 spiro atoms. The Kier molecular flexibility index (Phi) is 13.8. The summed E-state index contributed by atoms with van der Waals surface area (Å²) < 4.78 is 0. The highest BCUT2D eigenvalue weighted by Gasteiger charge is 2.29. The highest BCUT2D eigenvalue weighted by Crippen LogP contribution is 2.30. The van der Waals surface area contributed by atoms with Crippen LogP contribution in [0.5, 0.6) is 0 Å².